The Labute approximate surface area is 114 Å². The van der Waals surface area contributed by atoms with E-state index in [0.717, 1.165) is 0 Å². The van der Waals surface area contributed by atoms with Crippen LogP contribution in [0.4, 0.5) is 0 Å². The average Bonchev–Trinajstić information content (AvgIpc) is 2.26. The van der Waals surface area contributed by atoms with E-state index in [1.807, 2.05) is 6.07 Å². The summed E-state index contributed by atoms with van der Waals surface area (Å²) < 4.78 is 0. The first kappa shape index (κ1) is 12.7. The molecular weight excluding hydrogens is 271 g/mol. The summed E-state index contributed by atoms with van der Waals surface area (Å²) in [5, 5.41) is 9.97. The molecule has 1 N–H and O–H groups in total. The first-order valence-corrected chi connectivity index (χ1v) is 5.87. The van der Waals surface area contributed by atoms with Crippen LogP contribution in [-0.4, -0.2) is 4.98 Å². The molecule has 2 aromatic rings. The highest BCUT2D eigenvalue weighted by Gasteiger charge is 2.11. The van der Waals surface area contributed by atoms with Crippen molar-refractivity contribution >= 4 is 23.2 Å². The SMILES string of the molecule is Cc1cc(-c2cc(Cl)cc(Cl)c2)c(C#N)c(=O)[nH]1. The molecule has 0 spiro atoms. The monoisotopic (exact) mass is 278 g/mol. The fraction of sp³-hybridized carbons (Fsp3) is 0.0769. The first-order valence-electron chi connectivity index (χ1n) is 5.12. The molecule has 0 atom stereocenters. The van der Waals surface area contributed by atoms with Gasteiger partial charge in [-0.3, -0.25) is 4.79 Å². The highest BCUT2D eigenvalue weighted by Crippen LogP contribution is 2.28. The Hall–Kier alpha value is -1.76. The van der Waals surface area contributed by atoms with E-state index in [0.29, 0.717) is 26.9 Å². The van der Waals surface area contributed by atoms with Crippen LogP contribution in [0.3, 0.4) is 0 Å². The summed E-state index contributed by atoms with van der Waals surface area (Å²) in [6.07, 6.45) is 0. The second-order valence-corrected chi connectivity index (χ2v) is 4.71. The summed E-state index contributed by atoms with van der Waals surface area (Å²) >= 11 is 11.8. The van der Waals surface area contributed by atoms with Crippen LogP contribution in [0.15, 0.2) is 29.1 Å². The number of halogens is 2. The van der Waals surface area contributed by atoms with Crippen molar-refractivity contribution in [3.8, 4) is 17.2 Å². The number of hydrogen-bond donors (Lipinski definition) is 1. The fourth-order valence-electron chi connectivity index (χ4n) is 1.74. The van der Waals surface area contributed by atoms with E-state index in [4.69, 9.17) is 28.5 Å². The zero-order chi connectivity index (χ0) is 13.3. The third kappa shape index (κ3) is 2.40. The standard InChI is InChI=1S/C13H8Cl2N2O/c1-7-2-11(12(6-16)13(18)17-7)8-3-9(14)5-10(15)4-8/h2-5H,1H3,(H,17,18). The van der Waals surface area contributed by atoms with Gasteiger partial charge in [0.2, 0.25) is 0 Å². The van der Waals surface area contributed by atoms with E-state index in [1.165, 1.54) is 0 Å². The Bertz CT molecular complexity index is 694. The molecule has 3 nitrogen and oxygen atoms in total. The number of nitrogens with zero attached hydrogens (tertiary/aromatic N) is 1. The molecule has 0 aliphatic carbocycles. The third-order valence-electron chi connectivity index (χ3n) is 2.45. The maximum atomic E-state index is 11.7. The predicted molar refractivity (Wildman–Crippen MR) is 72.0 cm³/mol. The molecule has 0 saturated carbocycles. The molecule has 90 valence electrons. The number of pyridine rings is 1. The Morgan fingerprint density at radius 2 is 1.78 bits per heavy atom. The Kier molecular flexibility index (Phi) is 3.42. The van der Waals surface area contributed by atoms with E-state index in [-0.39, 0.29) is 5.56 Å². The summed E-state index contributed by atoms with van der Waals surface area (Å²) in [6, 6.07) is 8.56. The van der Waals surface area contributed by atoms with Crippen LogP contribution in [0.25, 0.3) is 11.1 Å². The molecule has 18 heavy (non-hydrogen) atoms. The molecule has 0 unspecified atom stereocenters. The quantitative estimate of drug-likeness (QED) is 0.868. The lowest BCUT2D eigenvalue weighted by Crippen LogP contribution is -2.12. The van der Waals surface area contributed by atoms with Gasteiger partial charge >= 0.3 is 0 Å². The molecule has 0 amide bonds. The van der Waals surface area contributed by atoms with Crippen molar-refractivity contribution in [2.45, 2.75) is 6.92 Å². The Morgan fingerprint density at radius 1 is 1.17 bits per heavy atom. The van der Waals surface area contributed by atoms with Crippen LogP contribution < -0.4 is 5.56 Å². The number of H-pyrrole nitrogens is 1. The van der Waals surface area contributed by atoms with Gasteiger partial charge in [0.1, 0.15) is 11.6 Å². The van der Waals surface area contributed by atoms with Crippen LogP contribution in [0.5, 0.6) is 0 Å². The second kappa shape index (κ2) is 4.85. The largest absolute Gasteiger partial charge is 0.325 e. The molecule has 5 heteroatoms. The molecule has 0 radical (unpaired) electrons. The van der Waals surface area contributed by atoms with Gasteiger partial charge in [-0.25, -0.2) is 0 Å². The summed E-state index contributed by atoms with van der Waals surface area (Å²) in [4.78, 5) is 14.3. The number of nitrogens with one attached hydrogen (secondary N) is 1. The van der Waals surface area contributed by atoms with Crippen molar-refractivity contribution in [3.05, 3.63) is 55.9 Å². The molecule has 0 saturated heterocycles. The van der Waals surface area contributed by atoms with Crippen molar-refractivity contribution in [1.29, 1.82) is 5.26 Å². The maximum absolute atomic E-state index is 11.7. The number of aromatic nitrogens is 1. The zero-order valence-electron chi connectivity index (χ0n) is 9.42. The van der Waals surface area contributed by atoms with Gasteiger partial charge in [0.25, 0.3) is 5.56 Å². The minimum Gasteiger partial charge on any atom is -0.325 e. The number of hydrogen-bond acceptors (Lipinski definition) is 2. The second-order valence-electron chi connectivity index (χ2n) is 3.84. The van der Waals surface area contributed by atoms with Crippen LogP contribution in [0.2, 0.25) is 10.0 Å². The van der Waals surface area contributed by atoms with Crippen molar-refractivity contribution in [2.75, 3.05) is 0 Å². The van der Waals surface area contributed by atoms with Crippen molar-refractivity contribution in [1.82, 2.24) is 4.98 Å². The summed E-state index contributed by atoms with van der Waals surface area (Å²) in [6.45, 7) is 1.75. The average molecular weight is 279 g/mol. The van der Waals surface area contributed by atoms with Gasteiger partial charge in [-0.05, 0) is 36.8 Å². The molecule has 2 rings (SSSR count). The maximum Gasteiger partial charge on any atom is 0.266 e. The van der Waals surface area contributed by atoms with E-state index >= 15 is 0 Å². The van der Waals surface area contributed by atoms with Crippen LogP contribution in [-0.2, 0) is 0 Å². The van der Waals surface area contributed by atoms with Crippen LogP contribution in [0.1, 0.15) is 11.3 Å². The van der Waals surface area contributed by atoms with Crippen LogP contribution in [0, 0.1) is 18.3 Å². The molecule has 1 heterocycles. The summed E-state index contributed by atoms with van der Waals surface area (Å²) in [5.41, 5.74) is 1.49. The zero-order valence-corrected chi connectivity index (χ0v) is 10.9. The van der Waals surface area contributed by atoms with Gasteiger partial charge in [0.15, 0.2) is 0 Å². The fourth-order valence-corrected chi connectivity index (χ4v) is 2.26. The predicted octanol–water partition coefficient (Wildman–Crippen LogP) is 3.53. The first-order chi connectivity index (χ1) is 8.51. The highest BCUT2D eigenvalue weighted by atomic mass is 35.5. The lowest BCUT2D eigenvalue weighted by Gasteiger charge is -2.06. The van der Waals surface area contributed by atoms with E-state index < -0.39 is 5.56 Å². The van der Waals surface area contributed by atoms with Crippen molar-refractivity contribution < 1.29 is 0 Å². The van der Waals surface area contributed by atoms with Gasteiger partial charge in [-0.1, -0.05) is 23.2 Å². The van der Waals surface area contributed by atoms with Gasteiger partial charge in [0.05, 0.1) is 0 Å². The number of nitriles is 1. The summed E-state index contributed by atoms with van der Waals surface area (Å²) in [5.74, 6) is 0. The Balaban J connectivity index is 2.78. The lowest BCUT2D eigenvalue weighted by atomic mass is 10.0. The molecule has 1 aromatic heterocycles. The number of rotatable bonds is 1. The van der Waals surface area contributed by atoms with Gasteiger partial charge in [-0.2, -0.15) is 5.26 Å². The molecule has 0 fully saturated rings. The lowest BCUT2D eigenvalue weighted by molar-refractivity contribution is 1.13. The van der Waals surface area contributed by atoms with Gasteiger partial charge in [0, 0.05) is 21.3 Å². The topological polar surface area (TPSA) is 56.6 Å². The third-order valence-corrected chi connectivity index (χ3v) is 2.89. The van der Waals surface area contributed by atoms with Gasteiger partial charge in [-0.15, -0.1) is 0 Å². The van der Waals surface area contributed by atoms with E-state index in [2.05, 4.69) is 4.98 Å². The van der Waals surface area contributed by atoms with Crippen molar-refractivity contribution in [3.63, 3.8) is 0 Å². The van der Waals surface area contributed by atoms with Gasteiger partial charge < -0.3 is 4.98 Å². The summed E-state index contributed by atoms with van der Waals surface area (Å²) in [7, 11) is 0. The van der Waals surface area contributed by atoms with Crippen LogP contribution >= 0.6 is 23.2 Å². The molecule has 0 bridgehead atoms. The normalized spacial score (nSPS) is 10.1. The number of aromatic amines is 1. The smallest absolute Gasteiger partial charge is 0.266 e. The molecule has 0 aliphatic heterocycles. The molecule has 0 aliphatic rings. The van der Waals surface area contributed by atoms with Crippen molar-refractivity contribution in [2.24, 2.45) is 0 Å². The van der Waals surface area contributed by atoms with E-state index in [9.17, 15) is 4.79 Å². The van der Waals surface area contributed by atoms with E-state index in [1.54, 1.807) is 31.2 Å². The Morgan fingerprint density at radius 3 is 2.33 bits per heavy atom. The number of benzene rings is 1. The molecular formula is C13H8Cl2N2O. The minimum absolute atomic E-state index is 0.0546. The minimum atomic E-state index is -0.413. The number of aryl methyl sites for hydroxylation is 1. The highest BCUT2D eigenvalue weighted by molar-refractivity contribution is 6.35. The molecule has 1 aromatic carbocycles.